The fourth-order valence-corrected chi connectivity index (χ4v) is 10.8. The highest BCUT2D eigenvalue weighted by Gasteiger charge is 2.70. The van der Waals surface area contributed by atoms with E-state index in [1.807, 2.05) is 66.8 Å². The summed E-state index contributed by atoms with van der Waals surface area (Å²) in [6, 6.07) is 35.7. The number of benzene rings is 6. The van der Waals surface area contributed by atoms with Crippen LogP contribution in [-0.2, 0) is 24.6 Å². The Labute approximate surface area is 373 Å². The number of halogens is 2. The molecular weight excluding hydrogens is 833 g/mol. The number of carbonyl (C=O) groups is 4. The summed E-state index contributed by atoms with van der Waals surface area (Å²) in [5, 5.41) is 13.8. The van der Waals surface area contributed by atoms with E-state index in [0.29, 0.717) is 49.8 Å². The van der Waals surface area contributed by atoms with Crippen molar-refractivity contribution >= 4 is 69.5 Å². The molecule has 0 bridgehead atoms. The molecule has 1 saturated carbocycles. The van der Waals surface area contributed by atoms with Crippen LogP contribution in [0.15, 0.2) is 139 Å². The number of phenols is 1. The monoisotopic (exact) mass is 873 g/mol. The van der Waals surface area contributed by atoms with Gasteiger partial charge in [0.25, 0.3) is 11.8 Å². The minimum Gasteiger partial charge on any atom is -0.507 e. The largest absolute Gasteiger partial charge is 0.507 e. The van der Waals surface area contributed by atoms with Crippen molar-refractivity contribution in [3.8, 4) is 17.2 Å². The van der Waals surface area contributed by atoms with Crippen molar-refractivity contribution < 1.29 is 38.1 Å². The molecule has 64 heavy (non-hydrogen) atoms. The predicted molar refractivity (Wildman–Crippen MR) is 242 cm³/mol. The molecule has 4 amide bonds. The number of hydrogen-bond acceptors (Lipinski definition) is 8. The zero-order valence-electron chi connectivity index (χ0n) is 34.7. The van der Waals surface area contributed by atoms with Crippen LogP contribution in [0, 0.1) is 29.5 Å². The van der Waals surface area contributed by atoms with Crippen LogP contribution in [0.25, 0.3) is 22.9 Å². The molecule has 6 aromatic rings. The standard InChI is InChI=1S/C52H41ClFN3O7/c1-63-36-21-26-45(64-2)30(27-36)10-7-29-8-19-35(20-9-29)56-48(59)41-23-22-40-42(46(41)50(56)61)28-43-49(60)57(55-34-17-15-33(54)16-18-34)51(62)52(43,31-11-13-32(53)14-12-31)47(40)39-24-25-44(58)38-6-4-3-5-37(38)39/h3-22,24-27,41-43,46-47,55,58H,23,28H2,1-2H3. The number of amides is 4. The average Bonchev–Trinajstić information content (AvgIpc) is 3.70. The van der Waals surface area contributed by atoms with E-state index in [0.717, 1.165) is 21.7 Å². The van der Waals surface area contributed by atoms with Crippen molar-refractivity contribution in [2.45, 2.75) is 24.2 Å². The number of anilines is 2. The molecule has 2 aliphatic heterocycles. The van der Waals surface area contributed by atoms with E-state index in [2.05, 4.69) is 5.43 Å². The number of nitrogens with one attached hydrogen (secondary N) is 1. The van der Waals surface area contributed by atoms with Crippen LogP contribution in [0.5, 0.6) is 17.2 Å². The van der Waals surface area contributed by atoms with Crippen molar-refractivity contribution in [2.24, 2.45) is 23.7 Å². The van der Waals surface area contributed by atoms with Crippen molar-refractivity contribution in [1.29, 1.82) is 0 Å². The van der Waals surface area contributed by atoms with Crippen molar-refractivity contribution in [1.82, 2.24) is 5.01 Å². The molecule has 10 rings (SSSR count). The van der Waals surface area contributed by atoms with Crippen molar-refractivity contribution in [2.75, 3.05) is 24.5 Å². The Kier molecular flexibility index (Phi) is 10.1. The lowest BCUT2D eigenvalue weighted by Gasteiger charge is -2.51. The SMILES string of the molecule is COc1ccc(OC)c(C=Cc2ccc(N3C(=O)C4CC=C5C(CC6C(=O)N(Nc7ccc(F)cc7)C(=O)C6(c6ccc(Cl)cc6)C5c5ccc(O)c6ccccc56)C4C3=O)cc2)c1. The summed E-state index contributed by atoms with van der Waals surface area (Å²) < 4.78 is 25.0. The summed E-state index contributed by atoms with van der Waals surface area (Å²) in [6.07, 6.45) is 6.11. The summed E-state index contributed by atoms with van der Waals surface area (Å²) in [5.74, 6) is -4.87. The number of hydrazine groups is 1. The number of methoxy groups -OCH3 is 2. The van der Waals surface area contributed by atoms with E-state index in [-0.39, 0.29) is 30.4 Å². The molecule has 4 aliphatic rings. The van der Waals surface area contributed by atoms with Gasteiger partial charge in [0.2, 0.25) is 11.8 Å². The summed E-state index contributed by atoms with van der Waals surface area (Å²) in [7, 11) is 3.19. The van der Waals surface area contributed by atoms with Crippen LogP contribution in [0.4, 0.5) is 15.8 Å². The lowest BCUT2D eigenvalue weighted by atomic mass is 9.49. The molecule has 6 unspecified atom stereocenters. The molecule has 12 heteroatoms. The second-order valence-corrected chi connectivity index (χ2v) is 17.1. The molecule has 2 aliphatic carbocycles. The van der Waals surface area contributed by atoms with Gasteiger partial charge in [0, 0.05) is 21.9 Å². The smallest absolute Gasteiger partial charge is 0.260 e. The van der Waals surface area contributed by atoms with E-state index < -0.39 is 52.6 Å². The maximum atomic E-state index is 15.6. The summed E-state index contributed by atoms with van der Waals surface area (Å²) in [6.45, 7) is 0. The maximum Gasteiger partial charge on any atom is 0.260 e. The molecule has 0 spiro atoms. The number of fused-ring (bicyclic) bond motifs is 5. The van der Waals surface area contributed by atoms with E-state index >= 15 is 9.59 Å². The molecule has 320 valence electrons. The van der Waals surface area contributed by atoms with E-state index in [4.69, 9.17) is 21.1 Å². The molecule has 3 fully saturated rings. The Hall–Kier alpha value is -7.24. The van der Waals surface area contributed by atoms with Crippen LogP contribution >= 0.6 is 11.6 Å². The Balaban J connectivity index is 1.08. The molecule has 6 aromatic carbocycles. The number of ether oxygens (including phenoxy) is 2. The first-order chi connectivity index (χ1) is 31.0. The molecule has 2 saturated heterocycles. The van der Waals surface area contributed by atoms with Crippen LogP contribution in [-0.4, -0.2) is 48.0 Å². The third kappa shape index (κ3) is 6.36. The summed E-state index contributed by atoms with van der Waals surface area (Å²) in [4.78, 5) is 61.4. The number of allylic oxidation sites excluding steroid dienone is 2. The van der Waals surface area contributed by atoms with Gasteiger partial charge in [-0.3, -0.25) is 29.5 Å². The Morgan fingerprint density at radius 2 is 1.52 bits per heavy atom. The van der Waals surface area contributed by atoms with Gasteiger partial charge in [-0.15, -0.1) is 0 Å². The minimum absolute atomic E-state index is 0.0451. The average molecular weight is 874 g/mol. The zero-order chi connectivity index (χ0) is 44.4. The van der Waals surface area contributed by atoms with E-state index in [9.17, 15) is 19.1 Å². The number of carbonyl (C=O) groups excluding carboxylic acids is 4. The van der Waals surface area contributed by atoms with E-state index in [1.165, 1.54) is 29.2 Å². The highest BCUT2D eigenvalue weighted by molar-refractivity contribution is 6.30. The van der Waals surface area contributed by atoms with Gasteiger partial charge in [-0.25, -0.2) is 4.39 Å². The molecule has 2 N–H and O–H groups in total. The van der Waals surface area contributed by atoms with Crippen LogP contribution in [0.2, 0.25) is 5.02 Å². The van der Waals surface area contributed by atoms with Gasteiger partial charge in [-0.2, -0.15) is 5.01 Å². The first-order valence-electron chi connectivity index (χ1n) is 21.0. The van der Waals surface area contributed by atoms with Gasteiger partial charge >= 0.3 is 0 Å². The summed E-state index contributed by atoms with van der Waals surface area (Å²) >= 11 is 6.46. The minimum atomic E-state index is -1.58. The third-order valence-electron chi connectivity index (χ3n) is 13.5. The maximum absolute atomic E-state index is 15.6. The first-order valence-corrected chi connectivity index (χ1v) is 21.4. The number of aromatic hydroxyl groups is 1. The number of phenolic OH excluding ortho intramolecular Hbond substituents is 1. The highest BCUT2D eigenvalue weighted by Crippen LogP contribution is 2.65. The van der Waals surface area contributed by atoms with Gasteiger partial charge in [0.05, 0.1) is 48.8 Å². The number of rotatable bonds is 9. The Morgan fingerprint density at radius 1 is 0.781 bits per heavy atom. The van der Waals surface area contributed by atoms with Gasteiger partial charge in [0.1, 0.15) is 23.1 Å². The second-order valence-electron chi connectivity index (χ2n) is 16.6. The fourth-order valence-electron chi connectivity index (χ4n) is 10.7. The highest BCUT2D eigenvalue weighted by atomic mass is 35.5. The molecule has 0 aromatic heterocycles. The predicted octanol–water partition coefficient (Wildman–Crippen LogP) is 9.71. The molecule has 2 heterocycles. The van der Waals surface area contributed by atoms with Crippen molar-refractivity contribution in [3.63, 3.8) is 0 Å². The Morgan fingerprint density at radius 3 is 2.23 bits per heavy atom. The normalized spacial score (nSPS) is 23.9. The first kappa shape index (κ1) is 40.8. The zero-order valence-corrected chi connectivity index (χ0v) is 35.5. The van der Waals surface area contributed by atoms with Crippen LogP contribution in [0.3, 0.4) is 0 Å². The molecule has 0 radical (unpaired) electrons. The van der Waals surface area contributed by atoms with Gasteiger partial charge in [-0.05, 0) is 114 Å². The third-order valence-corrected chi connectivity index (χ3v) is 13.8. The molecular formula is C52H41ClFN3O7. The number of hydrogen-bond donors (Lipinski definition) is 2. The molecule has 6 atom stereocenters. The second kappa shape index (κ2) is 15.8. The van der Waals surface area contributed by atoms with Gasteiger partial charge in [0.15, 0.2) is 0 Å². The number of imide groups is 2. The van der Waals surface area contributed by atoms with Crippen LogP contribution in [0.1, 0.15) is 41.0 Å². The number of nitrogens with zero attached hydrogens (tertiary/aromatic N) is 2. The lowest BCUT2D eigenvalue weighted by Crippen LogP contribution is -2.53. The van der Waals surface area contributed by atoms with Crippen LogP contribution < -0.4 is 19.8 Å². The topological polar surface area (TPSA) is 125 Å². The lowest BCUT2D eigenvalue weighted by molar-refractivity contribution is -0.138. The molecule has 10 nitrogen and oxygen atoms in total. The van der Waals surface area contributed by atoms with Crippen molar-refractivity contribution in [3.05, 3.63) is 172 Å². The summed E-state index contributed by atoms with van der Waals surface area (Å²) in [5.41, 5.74) is 5.79. The Bertz CT molecular complexity index is 2950. The van der Waals surface area contributed by atoms with E-state index in [1.54, 1.807) is 68.8 Å². The quantitative estimate of drug-likeness (QED) is 0.0836. The van der Waals surface area contributed by atoms with Gasteiger partial charge < -0.3 is 14.6 Å². The van der Waals surface area contributed by atoms with Gasteiger partial charge in [-0.1, -0.05) is 90.0 Å². The fraction of sp³-hybridized carbons (Fsp3) is 0.192.